The monoisotopic (exact) mass is 344 g/mol. The molecular weight excluding hydrogens is 320 g/mol. The number of nitrogens with one attached hydrogen (secondary N) is 2. The van der Waals surface area contributed by atoms with E-state index in [1.807, 2.05) is 26.0 Å². The molecule has 1 aromatic carbocycles. The molecule has 7 heteroatoms. The van der Waals surface area contributed by atoms with Crippen LogP contribution in [0.3, 0.4) is 0 Å². The van der Waals surface area contributed by atoms with Gasteiger partial charge in [-0.2, -0.15) is 5.10 Å². The zero-order valence-electron chi connectivity index (χ0n) is 14.9. The molecule has 0 aliphatic rings. The Morgan fingerprint density at radius 2 is 1.88 bits per heavy atom. The van der Waals surface area contributed by atoms with Crippen molar-refractivity contribution in [2.45, 2.75) is 39.3 Å². The van der Waals surface area contributed by atoms with E-state index in [0.717, 1.165) is 11.3 Å². The first-order valence-electron chi connectivity index (χ1n) is 8.15. The van der Waals surface area contributed by atoms with Gasteiger partial charge in [-0.15, -0.1) is 0 Å². The van der Waals surface area contributed by atoms with Gasteiger partial charge in [0, 0.05) is 19.0 Å². The Balaban J connectivity index is 2.11. The van der Waals surface area contributed by atoms with Crippen LogP contribution in [0.25, 0.3) is 0 Å². The van der Waals surface area contributed by atoms with Crippen LogP contribution in [0.4, 0.5) is 5.82 Å². The van der Waals surface area contributed by atoms with Crippen molar-refractivity contribution in [2.24, 2.45) is 0 Å². The summed E-state index contributed by atoms with van der Waals surface area (Å²) >= 11 is 0. The Hall–Kier alpha value is -2.83. The van der Waals surface area contributed by atoms with Crippen molar-refractivity contribution in [3.63, 3.8) is 0 Å². The number of nitrogens with zero attached hydrogens (tertiary/aromatic N) is 2. The lowest BCUT2D eigenvalue weighted by atomic mass is 10.0. The Morgan fingerprint density at radius 3 is 2.44 bits per heavy atom. The number of methoxy groups -OCH3 is 1. The maximum atomic E-state index is 12.4. The van der Waals surface area contributed by atoms with Crippen molar-refractivity contribution in [2.75, 3.05) is 12.4 Å². The quantitative estimate of drug-likeness (QED) is 0.809. The number of aromatic nitrogens is 2. The van der Waals surface area contributed by atoms with E-state index in [1.54, 1.807) is 36.2 Å². The number of rotatable bonds is 7. The highest BCUT2D eigenvalue weighted by Gasteiger charge is 2.18. The molecule has 2 rings (SSSR count). The van der Waals surface area contributed by atoms with E-state index in [1.165, 1.54) is 6.92 Å². The van der Waals surface area contributed by atoms with E-state index in [-0.39, 0.29) is 24.3 Å². The topological polar surface area (TPSA) is 85.2 Å². The van der Waals surface area contributed by atoms with Crippen LogP contribution in [0.2, 0.25) is 0 Å². The first kappa shape index (κ1) is 18.5. The second kappa shape index (κ2) is 8.32. The van der Waals surface area contributed by atoms with E-state index < -0.39 is 6.04 Å². The lowest BCUT2D eigenvalue weighted by Gasteiger charge is -2.19. The van der Waals surface area contributed by atoms with Gasteiger partial charge in [0.25, 0.3) is 0 Å². The van der Waals surface area contributed by atoms with Gasteiger partial charge in [-0.05, 0) is 31.5 Å². The molecule has 0 bridgehead atoms. The first-order valence-corrected chi connectivity index (χ1v) is 8.15. The van der Waals surface area contributed by atoms with Gasteiger partial charge in [0.2, 0.25) is 11.8 Å². The Morgan fingerprint density at radius 1 is 1.20 bits per heavy atom. The molecule has 1 aromatic heterocycles. The minimum absolute atomic E-state index is 0.120. The number of hydrogen-bond donors (Lipinski definition) is 2. The standard InChI is InChI=1S/C18H24N4O3/c1-12(2)22-17(9-10-19-22)21-18(24)11-16(20-13(3)23)14-5-7-15(25-4)8-6-14/h5-10,12,16H,11H2,1-4H3,(H,20,23)(H,21,24). The molecule has 0 spiro atoms. The number of carbonyl (C=O) groups is 2. The first-order chi connectivity index (χ1) is 11.9. The van der Waals surface area contributed by atoms with Gasteiger partial charge in [0.05, 0.1) is 25.8 Å². The Labute approximate surface area is 147 Å². The van der Waals surface area contributed by atoms with Crippen LogP contribution in [0.5, 0.6) is 5.75 Å². The van der Waals surface area contributed by atoms with Crippen molar-refractivity contribution >= 4 is 17.6 Å². The summed E-state index contributed by atoms with van der Waals surface area (Å²) in [5.74, 6) is 0.963. The summed E-state index contributed by atoms with van der Waals surface area (Å²) in [6.45, 7) is 5.41. The van der Waals surface area contributed by atoms with Crippen LogP contribution in [-0.2, 0) is 9.59 Å². The van der Waals surface area contributed by atoms with Crippen LogP contribution in [-0.4, -0.2) is 28.7 Å². The fraction of sp³-hybridized carbons (Fsp3) is 0.389. The van der Waals surface area contributed by atoms with Gasteiger partial charge in [-0.3, -0.25) is 9.59 Å². The van der Waals surface area contributed by atoms with Crippen LogP contribution in [0, 0.1) is 0 Å². The molecule has 0 fully saturated rings. The predicted octanol–water partition coefficient (Wildman–Crippen LogP) is 2.68. The van der Waals surface area contributed by atoms with Crippen LogP contribution >= 0.6 is 0 Å². The van der Waals surface area contributed by atoms with E-state index in [2.05, 4.69) is 15.7 Å². The van der Waals surface area contributed by atoms with Gasteiger partial charge in [0.15, 0.2) is 0 Å². The third kappa shape index (κ3) is 5.07. The van der Waals surface area contributed by atoms with Crippen LogP contribution in [0.1, 0.15) is 44.8 Å². The third-order valence-electron chi connectivity index (χ3n) is 3.71. The molecule has 2 amide bonds. The molecule has 0 aliphatic heterocycles. The highest BCUT2D eigenvalue weighted by molar-refractivity contribution is 5.90. The zero-order valence-corrected chi connectivity index (χ0v) is 14.9. The Kier molecular flexibility index (Phi) is 6.16. The molecule has 7 nitrogen and oxygen atoms in total. The minimum atomic E-state index is -0.418. The van der Waals surface area contributed by atoms with Crippen LogP contribution < -0.4 is 15.4 Å². The predicted molar refractivity (Wildman–Crippen MR) is 95.4 cm³/mol. The maximum absolute atomic E-state index is 12.4. The lowest BCUT2D eigenvalue weighted by molar-refractivity contribution is -0.120. The highest BCUT2D eigenvalue weighted by atomic mass is 16.5. The second-order valence-electron chi connectivity index (χ2n) is 6.03. The highest BCUT2D eigenvalue weighted by Crippen LogP contribution is 2.21. The summed E-state index contributed by atoms with van der Waals surface area (Å²) in [7, 11) is 1.59. The summed E-state index contributed by atoms with van der Waals surface area (Å²) in [6, 6.07) is 8.75. The Bertz CT molecular complexity index is 722. The van der Waals surface area contributed by atoms with Crippen molar-refractivity contribution in [3.8, 4) is 5.75 Å². The van der Waals surface area contributed by atoms with Gasteiger partial charge in [0.1, 0.15) is 11.6 Å². The molecule has 2 N–H and O–H groups in total. The molecule has 2 aromatic rings. The minimum Gasteiger partial charge on any atom is -0.497 e. The molecule has 1 unspecified atom stereocenters. The summed E-state index contributed by atoms with van der Waals surface area (Å²) < 4.78 is 6.88. The number of carbonyl (C=O) groups excluding carboxylic acids is 2. The summed E-state index contributed by atoms with van der Waals surface area (Å²) in [4.78, 5) is 24.0. The van der Waals surface area contributed by atoms with Crippen LogP contribution in [0.15, 0.2) is 36.5 Å². The SMILES string of the molecule is COc1ccc(C(CC(=O)Nc2ccnn2C(C)C)NC(C)=O)cc1. The molecule has 0 radical (unpaired) electrons. The largest absolute Gasteiger partial charge is 0.497 e. The van der Waals surface area contributed by atoms with Gasteiger partial charge in [-0.25, -0.2) is 4.68 Å². The average molecular weight is 344 g/mol. The molecule has 0 saturated carbocycles. The molecule has 1 atom stereocenters. The number of anilines is 1. The molecule has 1 heterocycles. The molecule has 0 aliphatic carbocycles. The molecule has 25 heavy (non-hydrogen) atoms. The number of hydrogen-bond acceptors (Lipinski definition) is 4. The van der Waals surface area contributed by atoms with Crippen molar-refractivity contribution in [1.82, 2.24) is 15.1 Å². The molecular formula is C18H24N4O3. The van der Waals surface area contributed by atoms with E-state index >= 15 is 0 Å². The fourth-order valence-electron chi connectivity index (χ4n) is 2.54. The normalized spacial score (nSPS) is 11.9. The van der Waals surface area contributed by atoms with E-state index in [0.29, 0.717) is 5.82 Å². The summed E-state index contributed by atoms with van der Waals surface area (Å²) in [5.41, 5.74) is 0.837. The van der Waals surface area contributed by atoms with Gasteiger partial charge in [-0.1, -0.05) is 12.1 Å². The smallest absolute Gasteiger partial charge is 0.227 e. The third-order valence-corrected chi connectivity index (χ3v) is 3.71. The van der Waals surface area contributed by atoms with Gasteiger partial charge >= 0.3 is 0 Å². The summed E-state index contributed by atoms with van der Waals surface area (Å²) in [6.07, 6.45) is 1.76. The maximum Gasteiger partial charge on any atom is 0.227 e. The molecule has 134 valence electrons. The van der Waals surface area contributed by atoms with Gasteiger partial charge < -0.3 is 15.4 Å². The number of benzene rings is 1. The summed E-state index contributed by atoms with van der Waals surface area (Å²) in [5, 5.41) is 9.86. The zero-order chi connectivity index (χ0) is 18.4. The average Bonchev–Trinajstić information content (AvgIpc) is 3.02. The van der Waals surface area contributed by atoms with Crippen molar-refractivity contribution < 1.29 is 14.3 Å². The van der Waals surface area contributed by atoms with Crippen molar-refractivity contribution in [1.29, 1.82) is 0 Å². The fourth-order valence-corrected chi connectivity index (χ4v) is 2.54. The second-order valence-corrected chi connectivity index (χ2v) is 6.03. The lowest BCUT2D eigenvalue weighted by Crippen LogP contribution is -2.30. The van der Waals surface area contributed by atoms with E-state index in [9.17, 15) is 9.59 Å². The van der Waals surface area contributed by atoms with Crippen molar-refractivity contribution in [3.05, 3.63) is 42.1 Å². The number of amides is 2. The number of ether oxygens (including phenoxy) is 1. The molecule has 0 saturated heterocycles. The van der Waals surface area contributed by atoms with E-state index in [4.69, 9.17) is 4.74 Å².